The smallest absolute Gasteiger partial charge is 0.258 e. The minimum Gasteiger partial charge on any atom is -0.365 e. The molecule has 16 heavy (non-hydrogen) atoms. The highest BCUT2D eigenvalue weighted by molar-refractivity contribution is 5.02. The van der Waals surface area contributed by atoms with Crippen LogP contribution < -0.4 is 5.73 Å². The lowest BCUT2D eigenvalue weighted by atomic mass is 10.0. The molecule has 0 saturated carbocycles. The van der Waals surface area contributed by atoms with E-state index >= 15 is 0 Å². The maximum atomic E-state index is 5.97. The Labute approximate surface area is 95.3 Å². The van der Waals surface area contributed by atoms with E-state index in [9.17, 15) is 0 Å². The van der Waals surface area contributed by atoms with E-state index in [4.69, 9.17) is 15.0 Å². The third-order valence-corrected chi connectivity index (χ3v) is 3.13. The molecule has 0 spiro atoms. The van der Waals surface area contributed by atoms with E-state index in [0.29, 0.717) is 17.6 Å². The number of nitrogens with two attached hydrogens (primary N) is 1. The van der Waals surface area contributed by atoms with Crippen molar-refractivity contribution < 1.29 is 9.26 Å². The molecule has 1 saturated heterocycles. The molecule has 2 N–H and O–H groups in total. The Morgan fingerprint density at radius 2 is 2.19 bits per heavy atom. The summed E-state index contributed by atoms with van der Waals surface area (Å²) in [5.41, 5.74) is 5.55. The molecule has 2 heterocycles. The summed E-state index contributed by atoms with van der Waals surface area (Å²) in [6, 6.07) is -0.178. The summed E-state index contributed by atoms with van der Waals surface area (Å²) in [6.07, 6.45) is 1.95. The molecular weight excluding hydrogens is 206 g/mol. The SMILES string of the molecule is CC(C)C(N)c1noc(C2(C)CCCO2)n1. The molecule has 5 nitrogen and oxygen atoms in total. The van der Waals surface area contributed by atoms with Crippen LogP contribution >= 0.6 is 0 Å². The molecule has 0 amide bonds. The fraction of sp³-hybridized carbons (Fsp3) is 0.818. The molecule has 1 aromatic rings. The van der Waals surface area contributed by atoms with Crippen LogP contribution in [0.1, 0.15) is 51.4 Å². The molecule has 1 aliphatic heterocycles. The second-order valence-electron chi connectivity index (χ2n) is 4.91. The Bertz CT molecular complexity index is 356. The molecule has 5 heteroatoms. The second-order valence-corrected chi connectivity index (χ2v) is 4.91. The van der Waals surface area contributed by atoms with Crippen molar-refractivity contribution in [3.63, 3.8) is 0 Å². The molecule has 0 radical (unpaired) electrons. The van der Waals surface area contributed by atoms with Crippen molar-refractivity contribution >= 4 is 0 Å². The van der Waals surface area contributed by atoms with Gasteiger partial charge in [-0.3, -0.25) is 0 Å². The first kappa shape index (κ1) is 11.5. The predicted molar refractivity (Wildman–Crippen MR) is 58.6 cm³/mol. The van der Waals surface area contributed by atoms with Gasteiger partial charge < -0.3 is 15.0 Å². The van der Waals surface area contributed by atoms with E-state index in [-0.39, 0.29) is 6.04 Å². The maximum Gasteiger partial charge on any atom is 0.258 e. The fourth-order valence-electron chi connectivity index (χ4n) is 1.83. The molecular formula is C11H19N3O2. The average Bonchev–Trinajstić information content (AvgIpc) is 2.85. The zero-order valence-corrected chi connectivity index (χ0v) is 10.1. The Hall–Kier alpha value is -0.940. The zero-order valence-electron chi connectivity index (χ0n) is 10.1. The Morgan fingerprint density at radius 1 is 1.44 bits per heavy atom. The second kappa shape index (κ2) is 4.14. The molecule has 0 aromatic carbocycles. The molecule has 1 aliphatic rings. The minimum atomic E-state index is -0.415. The highest BCUT2D eigenvalue weighted by atomic mass is 16.5. The van der Waals surface area contributed by atoms with Crippen molar-refractivity contribution in [3.8, 4) is 0 Å². The largest absolute Gasteiger partial charge is 0.365 e. The van der Waals surface area contributed by atoms with Crippen molar-refractivity contribution in [2.24, 2.45) is 11.7 Å². The molecule has 0 bridgehead atoms. The van der Waals surface area contributed by atoms with Crippen molar-refractivity contribution in [3.05, 3.63) is 11.7 Å². The first-order chi connectivity index (χ1) is 7.53. The van der Waals surface area contributed by atoms with Crippen LogP contribution in [-0.4, -0.2) is 16.7 Å². The van der Waals surface area contributed by atoms with Crippen LogP contribution in [0.25, 0.3) is 0 Å². The lowest BCUT2D eigenvalue weighted by Gasteiger charge is -2.17. The number of hydrogen-bond acceptors (Lipinski definition) is 5. The third-order valence-electron chi connectivity index (χ3n) is 3.13. The number of nitrogens with zero attached hydrogens (tertiary/aromatic N) is 2. The summed E-state index contributed by atoms with van der Waals surface area (Å²) in [6.45, 7) is 6.81. The first-order valence-corrected chi connectivity index (χ1v) is 5.76. The monoisotopic (exact) mass is 225 g/mol. The summed E-state index contributed by atoms with van der Waals surface area (Å²) in [7, 11) is 0. The van der Waals surface area contributed by atoms with Crippen LogP contribution in [0.2, 0.25) is 0 Å². The fourth-order valence-corrected chi connectivity index (χ4v) is 1.83. The lowest BCUT2D eigenvalue weighted by Crippen LogP contribution is -2.22. The van der Waals surface area contributed by atoms with E-state index in [2.05, 4.69) is 10.1 Å². The average molecular weight is 225 g/mol. The van der Waals surface area contributed by atoms with E-state index in [1.807, 2.05) is 20.8 Å². The number of aromatic nitrogens is 2. The van der Waals surface area contributed by atoms with Crippen LogP contribution in [0, 0.1) is 5.92 Å². The Kier molecular flexibility index (Phi) is 2.99. The third kappa shape index (κ3) is 1.97. The minimum absolute atomic E-state index is 0.178. The molecule has 2 unspecified atom stereocenters. The topological polar surface area (TPSA) is 74.2 Å². The number of ether oxygens (including phenoxy) is 1. The molecule has 90 valence electrons. The standard InChI is InChI=1S/C11H19N3O2/c1-7(2)8(12)9-13-10(16-14-9)11(3)5-4-6-15-11/h7-8H,4-6,12H2,1-3H3. The van der Waals surface area contributed by atoms with Gasteiger partial charge in [-0.2, -0.15) is 4.98 Å². The summed E-state index contributed by atoms with van der Waals surface area (Å²) in [4.78, 5) is 4.36. The van der Waals surface area contributed by atoms with Gasteiger partial charge in [0.05, 0.1) is 6.04 Å². The van der Waals surface area contributed by atoms with Crippen molar-refractivity contribution in [2.45, 2.75) is 45.3 Å². The molecule has 1 fully saturated rings. The number of rotatable bonds is 3. The normalized spacial score (nSPS) is 27.6. The van der Waals surface area contributed by atoms with E-state index in [1.54, 1.807) is 0 Å². The van der Waals surface area contributed by atoms with Gasteiger partial charge in [0.25, 0.3) is 5.89 Å². The van der Waals surface area contributed by atoms with Gasteiger partial charge in [0.15, 0.2) is 5.82 Å². The van der Waals surface area contributed by atoms with Crippen LogP contribution in [0.3, 0.4) is 0 Å². The first-order valence-electron chi connectivity index (χ1n) is 5.76. The van der Waals surface area contributed by atoms with Gasteiger partial charge in [0.2, 0.25) is 0 Å². The summed E-state index contributed by atoms with van der Waals surface area (Å²) < 4.78 is 10.9. The molecule has 0 aliphatic carbocycles. The van der Waals surface area contributed by atoms with Gasteiger partial charge in [-0.15, -0.1) is 0 Å². The van der Waals surface area contributed by atoms with E-state index in [0.717, 1.165) is 19.4 Å². The van der Waals surface area contributed by atoms with Crippen molar-refractivity contribution in [1.29, 1.82) is 0 Å². The quantitative estimate of drug-likeness (QED) is 0.848. The van der Waals surface area contributed by atoms with Crippen LogP contribution in [0.15, 0.2) is 4.52 Å². The highest BCUT2D eigenvalue weighted by Crippen LogP contribution is 2.34. The summed E-state index contributed by atoms with van der Waals surface area (Å²) in [5.74, 6) is 1.42. The van der Waals surface area contributed by atoms with Crippen LogP contribution in [0.4, 0.5) is 0 Å². The summed E-state index contributed by atoms with van der Waals surface area (Å²) >= 11 is 0. The lowest BCUT2D eigenvalue weighted by molar-refractivity contribution is -0.00937. The van der Waals surface area contributed by atoms with Gasteiger partial charge in [-0.05, 0) is 25.7 Å². The Balaban J connectivity index is 2.19. The van der Waals surface area contributed by atoms with E-state index < -0.39 is 5.60 Å². The molecule has 1 aromatic heterocycles. The number of hydrogen-bond donors (Lipinski definition) is 1. The highest BCUT2D eigenvalue weighted by Gasteiger charge is 2.38. The van der Waals surface area contributed by atoms with Crippen LogP contribution in [-0.2, 0) is 10.3 Å². The van der Waals surface area contributed by atoms with Crippen molar-refractivity contribution in [1.82, 2.24) is 10.1 Å². The Morgan fingerprint density at radius 3 is 2.75 bits per heavy atom. The van der Waals surface area contributed by atoms with Gasteiger partial charge in [0, 0.05) is 6.61 Å². The van der Waals surface area contributed by atoms with Gasteiger partial charge >= 0.3 is 0 Å². The predicted octanol–water partition coefficient (Wildman–Crippen LogP) is 1.75. The van der Waals surface area contributed by atoms with Gasteiger partial charge in [-0.1, -0.05) is 19.0 Å². The van der Waals surface area contributed by atoms with Gasteiger partial charge in [0.1, 0.15) is 5.60 Å². The van der Waals surface area contributed by atoms with Gasteiger partial charge in [-0.25, -0.2) is 0 Å². The zero-order chi connectivity index (χ0) is 11.8. The van der Waals surface area contributed by atoms with Crippen molar-refractivity contribution in [2.75, 3.05) is 6.61 Å². The summed E-state index contributed by atoms with van der Waals surface area (Å²) in [5, 5.41) is 3.94. The molecule has 2 rings (SSSR count). The molecule has 2 atom stereocenters. The van der Waals surface area contributed by atoms with Crippen LogP contribution in [0.5, 0.6) is 0 Å². The van der Waals surface area contributed by atoms with E-state index in [1.165, 1.54) is 0 Å². The maximum absolute atomic E-state index is 5.97.